The van der Waals surface area contributed by atoms with Gasteiger partial charge >= 0.3 is 0 Å². The maximum absolute atomic E-state index is 13.0. The van der Waals surface area contributed by atoms with Gasteiger partial charge in [-0.25, -0.2) is 0 Å². The largest absolute Gasteiger partial charge is 0.494 e. The van der Waals surface area contributed by atoms with Gasteiger partial charge in [0.15, 0.2) is 5.76 Å². The summed E-state index contributed by atoms with van der Waals surface area (Å²) in [6.45, 7) is 2.77. The van der Waals surface area contributed by atoms with Gasteiger partial charge in [-0.1, -0.05) is 12.8 Å². The molecule has 1 amide bonds. The Labute approximate surface area is 163 Å². The van der Waals surface area contributed by atoms with Gasteiger partial charge in [0.2, 0.25) is 0 Å². The SMILES string of the molecule is CCOc1ccc2[nH]c(=O)c(CN(C(=O)c3ccco3)C3CCCC3)cc2c1. The molecule has 1 fully saturated rings. The van der Waals surface area contributed by atoms with Crippen molar-refractivity contribution >= 4 is 16.8 Å². The molecule has 1 aliphatic carbocycles. The summed E-state index contributed by atoms with van der Waals surface area (Å²) in [6, 6.07) is 10.9. The molecule has 4 rings (SSSR count). The number of fused-ring (bicyclic) bond motifs is 1. The van der Waals surface area contributed by atoms with Gasteiger partial charge in [-0.3, -0.25) is 9.59 Å². The highest BCUT2D eigenvalue weighted by molar-refractivity contribution is 5.91. The number of pyridine rings is 1. The molecular weight excluding hydrogens is 356 g/mol. The standard InChI is InChI=1S/C22H24N2O4/c1-2-27-18-9-10-19-15(13-18)12-16(21(25)23-19)14-24(17-6-3-4-7-17)22(26)20-8-5-11-28-20/h5,8-13,17H,2-4,6-7,14H2,1H3,(H,23,25). The Morgan fingerprint density at radius 2 is 2.07 bits per heavy atom. The molecule has 1 aromatic carbocycles. The Hall–Kier alpha value is -3.02. The molecule has 0 bridgehead atoms. The number of carbonyl (C=O) groups is 1. The Morgan fingerprint density at radius 3 is 2.79 bits per heavy atom. The van der Waals surface area contributed by atoms with Crippen molar-refractivity contribution < 1.29 is 13.9 Å². The smallest absolute Gasteiger partial charge is 0.290 e. The fraction of sp³-hybridized carbons (Fsp3) is 0.364. The van der Waals surface area contributed by atoms with Gasteiger partial charge in [-0.2, -0.15) is 0 Å². The molecule has 0 atom stereocenters. The summed E-state index contributed by atoms with van der Waals surface area (Å²) in [5.41, 5.74) is 1.14. The molecule has 1 aliphatic rings. The fourth-order valence-corrected chi connectivity index (χ4v) is 3.91. The highest BCUT2D eigenvalue weighted by atomic mass is 16.5. The molecule has 1 saturated carbocycles. The van der Waals surface area contributed by atoms with E-state index in [1.165, 1.54) is 6.26 Å². The van der Waals surface area contributed by atoms with Crippen LogP contribution in [0.3, 0.4) is 0 Å². The first-order chi connectivity index (χ1) is 13.7. The lowest BCUT2D eigenvalue weighted by atomic mass is 10.1. The van der Waals surface area contributed by atoms with E-state index in [-0.39, 0.29) is 24.1 Å². The number of aromatic amines is 1. The summed E-state index contributed by atoms with van der Waals surface area (Å²) in [4.78, 5) is 30.4. The topological polar surface area (TPSA) is 75.5 Å². The van der Waals surface area contributed by atoms with Crippen LogP contribution < -0.4 is 10.3 Å². The van der Waals surface area contributed by atoms with Gasteiger partial charge in [0.25, 0.3) is 11.5 Å². The minimum absolute atomic E-state index is 0.127. The van der Waals surface area contributed by atoms with E-state index in [0.29, 0.717) is 17.9 Å². The second kappa shape index (κ2) is 7.92. The van der Waals surface area contributed by atoms with Gasteiger partial charge in [0.05, 0.1) is 19.4 Å². The fourth-order valence-electron chi connectivity index (χ4n) is 3.91. The van der Waals surface area contributed by atoms with E-state index in [4.69, 9.17) is 9.15 Å². The molecule has 146 valence electrons. The third kappa shape index (κ3) is 3.67. The van der Waals surface area contributed by atoms with Crippen LogP contribution in [0.25, 0.3) is 10.9 Å². The minimum Gasteiger partial charge on any atom is -0.494 e. The van der Waals surface area contributed by atoms with Gasteiger partial charge in [-0.15, -0.1) is 0 Å². The van der Waals surface area contributed by atoms with Crippen LogP contribution in [0.4, 0.5) is 0 Å². The average Bonchev–Trinajstić information content (AvgIpc) is 3.40. The number of amides is 1. The molecular formula is C22H24N2O4. The number of carbonyl (C=O) groups excluding carboxylic acids is 1. The normalized spacial score (nSPS) is 14.5. The molecule has 0 saturated heterocycles. The Kier molecular flexibility index (Phi) is 5.19. The predicted octanol–water partition coefficient (Wildman–Crippen LogP) is 4.10. The molecule has 2 aromatic heterocycles. The summed E-state index contributed by atoms with van der Waals surface area (Å²) in [5.74, 6) is 0.898. The van der Waals surface area contributed by atoms with E-state index in [1.54, 1.807) is 17.0 Å². The second-order valence-electron chi connectivity index (χ2n) is 7.15. The van der Waals surface area contributed by atoms with E-state index >= 15 is 0 Å². The lowest BCUT2D eigenvalue weighted by Crippen LogP contribution is -2.39. The molecule has 1 N–H and O–H groups in total. The summed E-state index contributed by atoms with van der Waals surface area (Å²) in [6.07, 6.45) is 5.59. The zero-order valence-corrected chi connectivity index (χ0v) is 15.9. The third-order valence-corrected chi connectivity index (χ3v) is 5.30. The van der Waals surface area contributed by atoms with Crippen LogP contribution in [0.2, 0.25) is 0 Å². The van der Waals surface area contributed by atoms with E-state index in [0.717, 1.165) is 42.3 Å². The zero-order chi connectivity index (χ0) is 19.5. The first-order valence-corrected chi connectivity index (χ1v) is 9.79. The Bertz CT molecular complexity index is 1020. The second-order valence-corrected chi connectivity index (χ2v) is 7.15. The van der Waals surface area contributed by atoms with Crippen LogP contribution in [-0.4, -0.2) is 28.4 Å². The Balaban J connectivity index is 1.68. The summed E-state index contributed by atoms with van der Waals surface area (Å²) in [7, 11) is 0. The summed E-state index contributed by atoms with van der Waals surface area (Å²) >= 11 is 0. The number of hydrogen-bond donors (Lipinski definition) is 1. The molecule has 0 unspecified atom stereocenters. The highest BCUT2D eigenvalue weighted by Crippen LogP contribution is 2.27. The van der Waals surface area contributed by atoms with Crippen molar-refractivity contribution in [1.82, 2.24) is 9.88 Å². The lowest BCUT2D eigenvalue weighted by Gasteiger charge is -2.28. The third-order valence-electron chi connectivity index (χ3n) is 5.30. The molecule has 0 spiro atoms. The summed E-state index contributed by atoms with van der Waals surface area (Å²) in [5, 5.41) is 0.886. The Morgan fingerprint density at radius 1 is 1.25 bits per heavy atom. The number of furan rings is 1. The molecule has 2 heterocycles. The molecule has 6 heteroatoms. The van der Waals surface area contributed by atoms with Gasteiger partial charge in [-0.05, 0) is 56.2 Å². The van der Waals surface area contributed by atoms with Crippen LogP contribution in [0, 0.1) is 0 Å². The number of nitrogens with one attached hydrogen (secondary N) is 1. The first kappa shape index (κ1) is 18.3. The number of nitrogens with zero attached hydrogens (tertiary/aromatic N) is 1. The van der Waals surface area contributed by atoms with Crippen molar-refractivity contribution in [3.8, 4) is 5.75 Å². The maximum Gasteiger partial charge on any atom is 0.290 e. The predicted molar refractivity (Wildman–Crippen MR) is 107 cm³/mol. The monoisotopic (exact) mass is 380 g/mol. The number of H-pyrrole nitrogens is 1. The van der Waals surface area contributed by atoms with Crippen LogP contribution in [0.5, 0.6) is 5.75 Å². The van der Waals surface area contributed by atoms with E-state index in [9.17, 15) is 9.59 Å². The van der Waals surface area contributed by atoms with Gasteiger partial charge in [0.1, 0.15) is 5.75 Å². The molecule has 3 aromatic rings. The number of aromatic nitrogens is 1. The van der Waals surface area contributed by atoms with E-state index in [2.05, 4.69) is 4.98 Å². The molecule has 0 aliphatic heterocycles. The minimum atomic E-state index is -0.174. The lowest BCUT2D eigenvalue weighted by molar-refractivity contribution is 0.0631. The van der Waals surface area contributed by atoms with Crippen molar-refractivity contribution in [3.63, 3.8) is 0 Å². The molecule has 28 heavy (non-hydrogen) atoms. The number of ether oxygens (including phenoxy) is 1. The van der Waals surface area contributed by atoms with E-state index < -0.39 is 0 Å². The van der Waals surface area contributed by atoms with E-state index in [1.807, 2.05) is 31.2 Å². The first-order valence-electron chi connectivity index (χ1n) is 9.79. The molecule has 0 radical (unpaired) electrons. The van der Waals surface area contributed by atoms with Gasteiger partial charge in [0, 0.05) is 22.5 Å². The van der Waals surface area contributed by atoms with Crippen LogP contribution in [0.1, 0.15) is 48.7 Å². The molecule has 6 nitrogen and oxygen atoms in total. The number of rotatable bonds is 6. The van der Waals surface area contributed by atoms with Crippen molar-refractivity contribution in [3.05, 3.63) is 64.3 Å². The van der Waals surface area contributed by atoms with Crippen molar-refractivity contribution in [2.45, 2.75) is 45.2 Å². The zero-order valence-electron chi connectivity index (χ0n) is 15.9. The van der Waals surface area contributed by atoms with Crippen molar-refractivity contribution in [2.75, 3.05) is 6.61 Å². The average molecular weight is 380 g/mol. The van der Waals surface area contributed by atoms with Crippen LogP contribution in [0.15, 0.2) is 51.9 Å². The van der Waals surface area contributed by atoms with Crippen LogP contribution in [-0.2, 0) is 6.54 Å². The number of hydrogen-bond acceptors (Lipinski definition) is 4. The van der Waals surface area contributed by atoms with Gasteiger partial charge < -0.3 is 19.0 Å². The summed E-state index contributed by atoms with van der Waals surface area (Å²) < 4.78 is 10.9. The van der Waals surface area contributed by atoms with Crippen molar-refractivity contribution in [2.24, 2.45) is 0 Å². The maximum atomic E-state index is 13.0. The highest BCUT2D eigenvalue weighted by Gasteiger charge is 2.29. The van der Waals surface area contributed by atoms with Crippen molar-refractivity contribution in [1.29, 1.82) is 0 Å². The van der Waals surface area contributed by atoms with Crippen LogP contribution >= 0.6 is 0 Å². The quantitative estimate of drug-likeness (QED) is 0.698. The number of benzene rings is 1.